The largest absolute Gasteiger partial charge is 0.494 e. The van der Waals surface area contributed by atoms with Crippen LogP contribution in [0.5, 0.6) is 5.75 Å². The molecule has 0 fully saturated rings. The summed E-state index contributed by atoms with van der Waals surface area (Å²) in [4.78, 5) is 4.10. The highest BCUT2D eigenvalue weighted by Crippen LogP contribution is 2.17. The molecule has 1 unspecified atom stereocenters. The van der Waals surface area contributed by atoms with Gasteiger partial charge in [0.2, 0.25) is 0 Å². The van der Waals surface area contributed by atoms with Gasteiger partial charge in [0.05, 0.1) is 13.7 Å². The van der Waals surface area contributed by atoms with E-state index in [1.807, 2.05) is 6.92 Å². The zero-order valence-electron chi connectivity index (χ0n) is 12.8. The molecule has 5 nitrogen and oxygen atoms in total. The Morgan fingerprint density at radius 3 is 2.62 bits per heavy atom. The third kappa shape index (κ3) is 6.94. The minimum atomic E-state index is -0.373. The van der Waals surface area contributed by atoms with Crippen molar-refractivity contribution >= 4 is 29.9 Å². The molecule has 0 heterocycles. The molecule has 1 rings (SSSR count). The molecule has 0 aliphatic rings. The second-order valence-electron chi connectivity index (χ2n) is 4.40. The van der Waals surface area contributed by atoms with E-state index in [-0.39, 0.29) is 41.6 Å². The van der Waals surface area contributed by atoms with E-state index in [1.54, 1.807) is 26.3 Å². The summed E-state index contributed by atoms with van der Waals surface area (Å²) in [5.74, 6) is 0.512. The molecule has 1 aromatic carbocycles. The molecule has 0 aromatic heterocycles. The fraction of sp³-hybridized carbons (Fsp3) is 0.500. The van der Waals surface area contributed by atoms with Gasteiger partial charge in [-0.25, -0.2) is 4.39 Å². The minimum absolute atomic E-state index is 0. The number of hydrogen-bond acceptors (Lipinski definition) is 3. The van der Waals surface area contributed by atoms with Gasteiger partial charge >= 0.3 is 0 Å². The van der Waals surface area contributed by atoms with Crippen LogP contribution >= 0.6 is 24.0 Å². The summed E-state index contributed by atoms with van der Waals surface area (Å²) >= 11 is 0. The first-order chi connectivity index (χ1) is 9.60. The van der Waals surface area contributed by atoms with E-state index in [2.05, 4.69) is 15.6 Å². The molecule has 0 spiro atoms. The summed E-state index contributed by atoms with van der Waals surface area (Å²) in [6.45, 7) is 3.04. The van der Waals surface area contributed by atoms with Gasteiger partial charge in [0.25, 0.3) is 0 Å². The summed E-state index contributed by atoms with van der Waals surface area (Å²) in [6.07, 6.45) is 0. The molecule has 0 aliphatic carbocycles. The van der Waals surface area contributed by atoms with Gasteiger partial charge in [-0.2, -0.15) is 0 Å². The van der Waals surface area contributed by atoms with E-state index >= 15 is 0 Å². The van der Waals surface area contributed by atoms with E-state index in [1.165, 1.54) is 13.2 Å². The lowest BCUT2D eigenvalue weighted by molar-refractivity contribution is 0.179. The molecule has 0 saturated carbocycles. The molecule has 0 radical (unpaired) electrons. The highest BCUT2D eigenvalue weighted by Gasteiger charge is 2.06. The van der Waals surface area contributed by atoms with Crippen molar-refractivity contribution in [2.24, 2.45) is 4.99 Å². The maximum absolute atomic E-state index is 13.6. The highest BCUT2D eigenvalue weighted by atomic mass is 127. The molecular weight excluding hydrogens is 388 g/mol. The van der Waals surface area contributed by atoms with Crippen LogP contribution in [-0.4, -0.2) is 39.9 Å². The number of rotatable bonds is 6. The van der Waals surface area contributed by atoms with Crippen LogP contribution in [0.2, 0.25) is 0 Å². The number of hydrogen-bond donors (Lipinski definition) is 2. The average Bonchev–Trinajstić information content (AvgIpc) is 2.43. The van der Waals surface area contributed by atoms with Crippen LogP contribution in [0.25, 0.3) is 0 Å². The first kappa shape index (κ1) is 19.9. The monoisotopic (exact) mass is 411 g/mol. The summed E-state index contributed by atoms with van der Waals surface area (Å²) in [5, 5.41) is 6.29. The van der Waals surface area contributed by atoms with Crippen molar-refractivity contribution < 1.29 is 13.9 Å². The summed E-state index contributed by atoms with van der Waals surface area (Å²) < 4.78 is 23.5. The number of nitrogens with one attached hydrogen (secondary N) is 2. The van der Waals surface area contributed by atoms with Crippen molar-refractivity contribution in [1.82, 2.24) is 10.6 Å². The van der Waals surface area contributed by atoms with E-state index < -0.39 is 0 Å². The van der Waals surface area contributed by atoms with Gasteiger partial charge < -0.3 is 20.1 Å². The van der Waals surface area contributed by atoms with E-state index in [0.29, 0.717) is 19.1 Å². The number of ether oxygens (including phenoxy) is 2. The minimum Gasteiger partial charge on any atom is -0.494 e. The summed E-state index contributed by atoms with van der Waals surface area (Å²) in [5.41, 5.74) is 0.811. The lowest BCUT2D eigenvalue weighted by Crippen LogP contribution is -2.43. The van der Waals surface area contributed by atoms with Crippen LogP contribution in [-0.2, 0) is 11.3 Å². The van der Waals surface area contributed by atoms with Crippen LogP contribution in [0, 0.1) is 5.82 Å². The topological polar surface area (TPSA) is 54.9 Å². The fourth-order valence-electron chi connectivity index (χ4n) is 1.73. The van der Waals surface area contributed by atoms with Crippen LogP contribution in [0.1, 0.15) is 12.5 Å². The Kier molecular flexibility index (Phi) is 10.1. The first-order valence-corrected chi connectivity index (χ1v) is 6.39. The van der Waals surface area contributed by atoms with Crippen molar-refractivity contribution in [3.05, 3.63) is 29.6 Å². The Balaban J connectivity index is 0.00000400. The molecule has 1 aromatic rings. The first-order valence-electron chi connectivity index (χ1n) is 6.39. The molecule has 21 heavy (non-hydrogen) atoms. The summed E-state index contributed by atoms with van der Waals surface area (Å²) in [7, 11) is 4.78. The molecule has 0 amide bonds. The Bertz CT molecular complexity index is 458. The van der Waals surface area contributed by atoms with Gasteiger partial charge in [0, 0.05) is 26.7 Å². The number of methoxy groups -OCH3 is 2. The van der Waals surface area contributed by atoms with Crippen molar-refractivity contribution in [3.63, 3.8) is 0 Å². The Hall–Kier alpha value is -1.09. The highest BCUT2D eigenvalue weighted by molar-refractivity contribution is 14.0. The lowest BCUT2D eigenvalue weighted by Gasteiger charge is -2.17. The Morgan fingerprint density at radius 2 is 2.10 bits per heavy atom. The third-order valence-electron chi connectivity index (χ3n) is 2.70. The van der Waals surface area contributed by atoms with Crippen molar-refractivity contribution in [2.45, 2.75) is 19.5 Å². The van der Waals surface area contributed by atoms with Gasteiger partial charge in [-0.3, -0.25) is 4.99 Å². The van der Waals surface area contributed by atoms with Crippen LogP contribution < -0.4 is 15.4 Å². The summed E-state index contributed by atoms with van der Waals surface area (Å²) in [6, 6.07) is 4.99. The van der Waals surface area contributed by atoms with E-state index in [4.69, 9.17) is 9.47 Å². The molecule has 1 atom stereocenters. The predicted octanol–water partition coefficient (Wildman–Crippen LogP) is 2.15. The van der Waals surface area contributed by atoms with Gasteiger partial charge in [-0.1, -0.05) is 6.07 Å². The molecule has 7 heteroatoms. The predicted molar refractivity (Wildman–Crippen MR) is 93.0 cm³/mol. The maximum Gasteiger partial charge on any atom is 0.191 e. The van der Waals surface area contributed by atoms with E-state index in [0.717, 1.165) is 5.56 Å². The average molecular weight is 411 g/mol. The number of aliphatic imine (C=N–C) groups is 1. The normalized spacial score (nSPS) is 12.3. The van der Waals surface area contributed by atoms with Crippen LogP contribution in [0.15, 0.2) is 23.2 Å². The van der Waals surface area contributed by atoms with Gasteiger partial charge in [-0.15, -0.1) is 24.0 Å². The van der Waals surface area contributed by atoms with Gasteiger partial charge in [0.1, 0.15) is 0 Å². The zero-order chi connectivity index (χ0) is 15.0. The maximum atomic E-state index is 13.6. The molecule has 2 N–H and O–H groups in total. The Labute approximate surface area is 142 Å². The SMILES string of the molecule is CN=C(NCc1ccc(OC)c(F)c1)NC(C)COC.I. The van der Waals surface area contributed by atoms with Crippen LogP contribution in [0.3, 0.4) is 0 Å². The van der Waals surface area contributed by atoms with Crippen molar-refractivity contribution in [2.75, 3.05) is 27.9 Å². The van der Waals surface area contributed by atoms with E-state index in [9.17, 15) is 4.39 Å². The van der Waals surface area contributed by atoms with Crippen molar-refractivity contribution in [1.29, 1.82) is 0 Å². The van der Waals surface area contributed by atoms with Gasteiger partial charge in [0.15, 0.2) is 17.5 Å². The number of benzene rings is 1. The molecule has 0 saturated heterocycles. The smallest absolute Gasteiger partial charge is 0.191 e. The second-order valence-corrected chi connectivity index (χ2v) is 4.40. The zero-order valence-corrected chi connectivity index (χ0v) is 15.1. The fourth-order valence-corrected chi connectivity index (χ4v) is 1.73. The Morgan fingerprint density at radius 1 is 1.38 bits per heavy atom. The molecular formula is C14H23FIN3O2. The molecule has 0 bridgehead atoms. The quantitative estimate of drug-likeness (QED) is 0.428. The third-order valence-corrected chi connectivity index (χ3v) is 2.70. The molecule has 0 aliphatic heterocycles. The van der Waals surface area contributed by atoms with Crippen molar-refractivity contribution in [3.8, 4) is 5.75 Å². The van der Waals surface area contributed by atoms with Gasteiger partial charge in [-0.05, 0) is 24.6 Å². The molecule has 120 valence electrons. The number of halogens is 2. The second kappa shape index (κ2) is 10.6. The lowest BCUT2D eigenvalue weighted by atomic mass is 10.2. The standard InChI is InChI=1S/C14H22FN3O2.HI/c1-10(9-19-3)18-14(16-2)17-8-11-5-6-13(20-4)12(15)7-11;/h5-7,10H,8-9H2,1-4H3,(H2,16,17,18);1H. The number of guanidine groups is 1. The number of nitrogens with zero attached hydrogens (tertiary/aromatic N) is 1. The van der Waals surface area contributed by atoms with Crippen LogP contribution in [0.4, 0.5) is 4.39 Å².